The monoisotopic (exact) mass is 187 g/mol. The van der Waals surface area contributed by atoms with Crippen molar-refractivity contribution in [2.75, 3.05) is 13.1 Å². The molecule has 0 aliphatic carbocycles. The van der Waals surface area contributed by atoms with Gasteiger partial charge in [0.15, 0.2) is 0 Å². The molecule has 0 rings (SSSR count). The molecule has 0 amide bonds. The van der Waals surface area contributed by atoms with E-state index in [0.29, 0.717) is 0 Å². The Hall–Kier alpha value is -0.570. The summed E-state index contributed by atoms with van der Waals surface area (Å²) >= 11 is 0. The first kappa shape index (κ1) is 12.4. The average Bonchev–Trinajstić information content (AvgIpc) is 2.02. The molecule has 78 valence electrons. The van der Waals surface area contributed by atoms with Gasteiger partial charge in [-0.3, -0.25) is 9.69 Å². The molecule has 1 atom stereocenters. The van der Waals surface area contributed by atoms with Gasteiger partial charge in [-0.25, -0.2) is 0 Å². The van der Waals surface area contributed by atoms with Crippen LogP contribution in [-0.2, 0) is 4.79 Å². The smallest absolute Gasteiger partial charge is 0.321 e. The number of nitrogens with zero attached hydrogens (tertiary/aromatic N) is 1. The van der Waals surface area contributed by atoms with Gasteiger partial charge in [0.2, 0.25) is 0 Å². The van der Waals surface area contributed by atoms with Gasteiger partial charge in [0.1, 0.15) is 6.04 Å². The van der Waals surface area contributed by atoms with Crippen LogP contribution in [0.5, 0.6) is 0 Å². The number of hydrogen-bond acceptors (Lipinski definition) is 2. The molecule has 3 heteroatoms. The highest BCUT2D eigenvalue weighted by molar-refractivity contribution is 5.73. The highest BCUT2D eigenvalue weighted by Crippen LogP contribution is 2.11. The molecule has 0 bridgehead atoms. The van der Waals surface area contributed by atoms with Crippen LogP contribution in [0.1, 0.15) is 34.1 Å². The fourth-order valence-electron chi connectivity index (χ4n) is 1.64. The maximum atomic E-state index is 11.0. The third-order valence-electron chi connectivity index (χ3n) is 2.19. The standard InChI is InChI=1S/C10H21NO2/c1-5-7-11(6-2)9(8(3)4)10(12)13/h8-9H,5-7H2,1-4H3,(H,12,13)/t9-/m0/s1. The van der Waals surface area contributed by atoms with E-state index < -0.39 is 5.97 Å². The third-order valence-corrected chi connectivity index (χ3v) is 2.19. The van der Waals surface area contributed by atoms with Crippen LogP contribution in [0.4, 0.5) is 0 Å². The first-order valence-electron chi connectivity index (χ1n) is 5.01. The largest absolute Gasteiger partial charge is 0.480 e. The van der Waals surface area contributed by atoms with E-state index in [1.807, 2.05) is 25.7 Å². The molecule has 0 radical (unpaired) electrons. The Bertz CT molecular complexity index is 157. The Morgan fingerprint density at radius 2 is 1.92 bits per heavy atom. The van der Waals surface area contributed by atoms with Crippen molar-refractivity contribution in [3.63, 3.8) is 0 Å². The Morgan fingerprint density at radius 1 is 1.38 bits per heavy atom. The zero-order valence-electron chi connectivity index (χ0n) is 9.08. The predicted molar refractivity (Wildman–Crippen MR) is 53.8 cm³/mol. The van der Waals surface area contributed by atoms with Gasteiger partial charge < -0.3 is 5.11 Å². The van der Waals surface area contributed by atoms with Crippen LogP contribution in [0, 0.1) is 5.92 Å². The summed E-state index contributed by atoms with van der Waals surface area (Å²) in [6, 6.07) is -0.329. The lowest BCUT2D eigenvalue weighted by molar-refractivity contribution is -0.145. The van der Waals surface area contributed by atoms with Crippen LogP contribution in [0.25, 0.3) is 0 Å². The average molecular weight is 187 g/mol. The molecular formula is C10H21NO2. The number of likely N-dealkylation sites (N-methyl/N-ethyl adjacent to an activating group) is 1. The van der Waals surface area contributed by atoms with Crippen LogP contribution < -0.4 is 0 Å². The van der Waals surface area contributed by atoms with Crippen molar-refractivity contribution < 1.29 is 9.90 Å². The van der Waals surface area contributed by atoms with Crippen LogP contribution >= 0.6 is 0 Å². The van der Waals surface area contributed by atoms with Crippen molar-refractivity contribution in [1.29, 1.82) is 0 Å². The maximum absolute atomic E-state index is 11.0. The minimum absolute atomic E-state index is 0.170. The molecule has 0 aliphatic heterocycles. The number of aliphatic carboxylic acids is 1. The Balaban J connectivity index is 4.39. The van der Waals surface area contributed by atoms with Crippen molar-refractivity contribution in [1.82, 2.24) is 4.90 Å². The lowest BCUT2D eigenvalue weighted by Gasteiger charge is -2.29. The fourth-order valence-corrected chi connectivity index (χ4v) is 1.64. The summed E-state index contributed by atoms with van der Waals surface area (Å²) in [7, 11) is 0. The van der Waals surface area contributed by atoms with E-state index in [4.69, 9.17) is 5.11 Å². The second kappa shape index (κ2) is 5.97. The summed E-state index contributed by atoms with van der Waals surface area (Å²) in [4.78, 5) is 13.0. The lowest BCUT2D eigenvalue weighted by atomic mass is 10.0. The molecule has 0 unspecified atom stereocenters. The van der Waals surface area contributed by atoms with Crippen LogP contribution in [-0.4, -0.2) is 35.1 Å². The molecule has 0 aromatic rings. The number of carboxylic acid groups (broad SMARTS) is 1. The van der Waals surface area contributed by atoms with E-state index >= 15 is 0 Å². The van der Waals surface area contributed by atoms with Crippen molar-refractivity contribution in [3.8, 4) is 0 Å². The highest BCUT2D eigenvalue weighted by Gasteiger charge is 2.26. The van der Waals surface area contributed by atoms with Crippen LogP contribution in [0.15, 0.2) is 0 Å². The summed E-state index contributed by atoms with van der Waals surface area (Å²) in [5.74, 6) is -0.533. The van der Waals surface area contributed by atoms with Crippen molar-refractivity contribution in [2.24, 2.45) is 5.92 Å². The summed E-state index contributed by atoms with van der Waals surface area (Å²) < 4.78 is 0. The molecule has 1 N–H and O–H groups in total. The summed E-state index contributed by atoms with van der Waals surface area (Å²) in [6.45, 7) is 9.67. The van der Waals surface area contributed by atoms with E-state index in [-0.39, 0.29) is 12.0 Å². The molecule has 0 heterocycles. The number of rotatable bonds is 6. The van der Waals surface area contributed by atoms with Gasteiger partial charge in [-0.2, -0.15) is 0 Å². The number of carboxylic acids is 1. The minimum atomic E-state index is -0.703. The SMILES string of the molecule is CCCN(CC)[C@H](C(=O)O)C(C)C. The van der Waals surface area contributed by atoms with E-state index in [1.165, 1.54) is 0 Å². The topological polar surface area (TPSA) is 40.5 Å². The normalized spacial score (nSPS) is 13.7. The first-order valence-corrected chi connectivity index (χ1v) is 5.01. The summed E-state index contributed by atoms with van der Waals surface area (Å²) in [5.41, 5.74) is 0. The van der Waals surface area contributed by atoms with Gasteiger partial charge in [-0.15, -0.1) is 0 Å². The third kappa shape index (κ3) is 3.77. The molecule has 0 saturated heterocycles. The van der Waals surface area contributed by atoms with Gasteiger partial charge in [-0.05, 0) is 25.4 Å². The van der Waals surface area contributed by atoms with E-state index in [1.54, 1.807) is 0 Å². The molecule has 3 nitrogen and oxygen atoms in total. The van der Waals surface area contributed by atoms with E-state index in [2.05, 4.69) is 6.92 Å². The minimum Gasteiger partial charge on any atom is -0.480 e. The molecule has 13 heavy (non-hydrogen) atoms. The second-order valence-electron chi connectivity index (χ2n) is 3.66. The maximum Gasteiger partial charge on any atom is 0.321 e. The van der Waals surface area contributed by atoms with Gasteiger partial charge >= 0.3 is 5.97 Å². The van der Waals surface area contributed by atoms with Crippen LogP contribution in [0.2, 0.25) is 0 Å². The second-order valence-corrected chi connectivity index (χ2v) is 3.66. The van der Waals surface area contributed by atoms with E-state index in [9.17, 15) is 4.79 Å². The zero-order chi connectivity index (χ0) is 10.4. The summed E-state index contributed by atoms with van der Waals surface area (Å²) in [5, 5.41) is 9.03. The molecule has 0 aliphatic rings. The van der Waals surface area contributed by atoms with Crippen molar-refractivity contribution >= 4 is 5.97 Å². The Labute approximate surface area is 80.7 Å². The molecule has 0 spiro atoms. The van der Waals surface area contributed by atoms with Crippen molar-refractivity contribution in [2.45, 2.75) is 40.2 Å². The van der Waals surface area contributed by atoms with Gasteiger partial charge in [0.25, 0.3) is 0 Å². The predicted octanol–water partition coefficient (Wildman–Crippen LogP) is 1.83. The molecule has 0 aromatic heterocycles. The Morgan fingerprint density at radius 3 is 2.15 bits per heavy atom. The first-order chi connectivity index (χ1) is 6.04. The fraction of sp³-hybridized carbons (Fsp3) is 0.900. The number of carbonyl (C=O) groups is 1. The lowest BCUT2D eigenvalue weighted by Crippen LogP contribution is -2.44. The van der Waals surface area contributed by atoms with Gasteiger partial charge in [0, 0.05) is 0 Å². The molecular weight excluding hydrogens is 166 g/mol. The molecule has 0 saturated carbocycles. The van der Waals surface area contributed by atoms with Gasteiger partial charge in [-0.1, -0.05) is 27.7 Å². The Kier molecular flexibility index (Phi) is 5.71. The summed E-state index contributed by atoms with van der Waals surface area (Å²) in [6.07, 6.45) is 1.00. The van der Waals surface area contributed by atoms with Gasteiger partial charge in [0.05, 0.1) is 0 Å². The number of hydrogen-bond donors (Lipinski definition) is 1. The van der Waals surface area contributed by atoms with E-state index in [0.717, 1.165) is 19.5 Å². The quantitative estimate of drug-likeness (QED) is 0.689. The molecule has 0 fully saturated rings. The molecule has 0 aromatic carbocycles. The van der Waals surface area contributed by atoms with Crippen LogP contribution in [0.3, 0.4) is 0 Å². The van der Waals surface area contributed by atoms with Crippen molar-refractivity contribution in [3.05, 3.63) is 0 Å². The zero-order valence-corrected chi connectivity index (χ0v) is 9.08. The highest BCUT2D eigenvalue weighted by atomic mass is 16.4.